The molecule has 0 saturated heterocycles. The SMILES string of the molecule is COc1ccc(-c2nc(=O)[nH]c(C)c2C(=O)O)cc1. The zero-order valence-electron chi connectivity index (χ0n) is 10.4. The molecule has 0 spiro atoms. The molecule has 98 valence electrons. The number of nitrogens with zero attached hydrogens (tertiary/aromatic N) is 1. The molecule has 2 aromatic rings. The summed E-state index contributed by atoms with van der Waals surface area (Å²) < 4.78 is 5.03. The van der Waals surface area contributed by atoms with E-state index in [1.807, 2.05) is 0 Å². The van der Waals surface area contributed by atoms with Gasteiger partial charge in [-0.15, -0.1) is 0 Å². The smallest absolute Gasteiger partial charge is 0.345 e. The number of ether oxygens (including phenoxy) is 1. The minimum atomic E-state index is -1.13. The van der Waals surface area contributed by atoms with Gasteiger partial charge in [-0.05, 0) is 31.2 Å². The summed E-state index contributed by atoms with van der Waals surface area (Å²) in [5, 5.41) is 9.21. The molecule has 1 aromatic heterocycles. The van der Waals surface area contributed by atoms with E-state index in [0.717, 1.165) is 0 Å². The number of aromatic amines is 1. The largest absolute Gasteiger partial charge is 0.497 e. The molecule has 0 aliphatic carbocycles. The van der Waals surface area contributed by atoms with Gasteiger partial charge in [0.1, 0.15) is 11.3 Å². The number of nitrogens with one attached hydrogen (secondary N) is 1. The Morgan fingerprint density at radius 3 is 2.47 bits per heavy atom. The quantitative estimate of drug-likeness (QED) is 0.871. The molecule has 0 bridgehead atoms. The van der Waals surface area contributed by atoms with Crippen molar-refractivity contribution >= 4 is 5.97 Å². The molecule has 0 aliphatic heterocycles. The fourth-order valence-corrected chi connectivity index (χ4v) is 1.81. The van der Waals surface area contributed by atoms with Crippen molar-refractivity contribution < 1.29 is 14.6 Å². The summed E-state index contributed by atoms with van der Waals surface area (Å²) in [6.45, 7) is 1.53. The normalized spacial score (nSPS) is 10.2. The molecule has 2 rings (SSSR count). The average Bonchev–Trinajstić information content (AvgIpc) is 2.37. The molecule has 0 saturated carbocycles. The molecule has 2 N–H and O–H groups in total. The first kappa shape index (κ1) is 12.8. The molecule has 0 aliphatic rings. The molecule has 0 fully saturated rings. The topological polar surface area (TPSA) is 92.3 Å². The summed E-state index contributed by atoms with van der Waals surface area (Å²) in [5.74, 6) is -0.491. The minimum absolute atomic E-state index is 0.00948. The fraction of sp³-hybridized carbons (Fsp3) is 0.154. The van der Waals surface area contributed by atoms with Crippen LogP contribution in [0.4, 0.5) is 0 Å². The summed E-state index contributed by atoms with van der Waals surface area (Å²) in [5.41, 5.74) is 0.389. The Bertz CT molecular complexity index is 674. The van der Waals surface area contributed by atoms with E-state index >= 15 is 0 Å². The van der Waals surface area contributed by atoms with Crippen molar-refractivity contribution in [3.8, 4) is 17.0 Å². The number of carbonyl (C=O) groups is 1. The van der Waals surface area contributed by atoms with Gasteiger partial charge in [0, 0.05) is 11.3 Å². The summed E-state index contributed by atoms with van der Waals surface area (Å²) in [7, 11) is 1.54. The van der Waals surface area contributed by atoms with Gasteiger partial charge >= 0.3 is 11.7 Å². The molecule has 0 radical (unpaired) electrons. The summed E-state index contributed by atoms with van der Waals surface area (Å²) in [6.07, 6.45) is 0. The molecule has 6 heteroatoms. The molecule has 1 aromatic carbocycles. The summed E-state index contributed by atoms with van der Waals surface area (Å²) >= 11 is 0. The van der Waals surface area contributed by atoms with Crippen LogP contribution in [0.15, 0.2) is 29.1 Å². The summed E-state index contributed by atoms with van der Waals surface area (Å²) in [6, 6.07) is 6.68. The lowest BCUT2D eigenvalue weighted by Crippen LogP contribution is -2.18. The van der Waals surface area contributed by atoms with Crippen LogP contribution in [0.3, 0.4) is 0 Å². The van der Waals surface area contributed by atoms with E-state index in [2.05, 4.69) is 9.97 Å². The van der Waals surface area contributed by atoms with Crippen molar-refractivity contribution in [2.75, 3.05) is 7.11 Å². The Hall–Kier alpha value is -2.63. The minimum Gasteiger partial charge on any atom is -0.497 e. The van der Waals surface area contributed by atoms with Crippen molar-refractivity contribution in [3.63, 3.8) is 0 Å². The van der Waals surface area contributed by atoms with Crippen LogP contribution in [0.5, 0.6) is 5.75 Å². The van der Waals surface area contributed by atoms with E-state index in [1.165, 1.54) is 14.0 Å². The lowest BCUT2D eigenvalue weighted by Gasteiger charge is -2.08. The lowest BCUT2D eigenvalue weighted by atomic mass is 10.0. The van der Waals surface area contributed by atoms with E-state index in [-0.39, 0.29) is 17.0 Å². The molecule has 19 heavy (non-hydrogen) atoms. The van der Waals surface area contributed by atoms with Crippen LogP contribution in [0.2, 0.25) is 0 Å². The first-order chi connectivity index (χ1) is 9.02. The lowest BCUT2D eigenvalue weighted by molar-refractivity contribution is 0.0696. The molecule has 1 heterocycles. The van der Waals surface area contributed by atoms with Crippen LogP contribution in [-0.4, -0.2) is 28.2 Å². The Kier molecular flexibility index (Phi) is 3.33. The van der Waals surface area contributed by atoms with Gasteiger partial charge < -0.3 is 14.8 Å². The van der Waals surface area contributed by atoms with Crippen molar-refractivity contribution in [2.24, 2.45) is 0 Å². The predicted molar refractivity (Wildman–Crippen MR) is 68.5 cm³/mol. The highest BCUT2D eigenvalue weighted by atomic mass is 16.5. The van der Waals surface area contributed by atoms with Crippen molar-refractivity contribution in [2.45, 2.75) is 6.92 Å². The average molecular weight is 260 g/mol. The Labute approximate surface area is 108 Å². The van der Waals surface area contributed by atoms with E-state index in [1.54, 1.807) is 24.3 Å². The molecule has 0 amide bonds. The number of aromatic nitrogens is 2. The standard InChI is InChI=1S/C13H12N2O4/c1-7-10(12(16)17)11(15-13(18)14-7)8-3-5-9(19-2)6-4-8/h3-6H,1-2H3,(H,16,17)(H,14,15,18). The highest BCUT2D eigenvalue weighted by Gasteiger charge is 2.17. The van der Waals surface area contributed by atoms with Crippen LogP contribution in [0.25, 0.3) is 11.3 Å². The number of methoxy groups -OCH3 is 1. The van der Waals surface area contributed by atoms with Crippen molar-refractivity contribution in [1.82, 2.24) is 9.97 Å². The van der Waals surface area contributed by atoms with Crippen LogP contribution in [0.1, 0.15) is 16.1 Å². The van der Waals surface area contributed by atoms with Gasteiger partial charge in [-0.1, -0.05) is 0 Å². The molecular formula is C13H12N2O4. The van der Waals surface area contributed by atoms with E-state index in [0.29, 0.717) is 11.3 Å². The number of aromatic carboxylic acids is 1. The van der Waals surface area contributed by atoms with Crippen LogP contribution in [0, 0.1) is 6.92 Å². The second kappa shape index (κ2) is 4.93. The first-order valence-corrected chi connectivity index (χ1v) is 5.51. The van der Waals surface area contributed by atoms with Crippen LogP contribution < -0.4 is 10.4 Å². The van der Waals surface area contributed by atoms with Crippen LogP contribution >= 0.6 is 0 Å². The molecule has 6 nitrogen and oxygen atoms in total. The first-order valence-electron chi connectivity index (χ1n) is 5.51. The number of aryl methyl sites for hydroxylation is 1. The maximum atomic E-state index is 11.4. The van der Waals surface area contributed by atoms with Gasteiger partial charge in [-0.25, -0.2) is 9.59 Å². The number of hydrogen-bond donors (Lipinski definition) is 2. The molecular weight excluding hydrogens is 248 g/mol. The zero-order chi connectivity index (χ0) is 14.0. The zero-order valence-corrected chi connectivity index (χ0v) is 10.4. The number of carboxylic acid groups (broad SMARTS) is 1. The highest BCUT2D eigenvalue weighted by Crippen LogP contribution is 2.24. The van der Waals surface area contributed by atoms with Crippen LogP contribution in [-0.2, 0) is 0 Å². The maximum absolute atomic E-state index is 11.4. The Morgan fingerprint density at radius 1 is 1.32 bits per heavy atom. The Morgan fingerprint density at radius 2 is 1.95 bits per heavy atom. The van der Waals surface area contributed by atoms with Gasteiger partial charge in [0.2, 0.25) is 0 Å². The molecule has 0 atom stereocenters. The number of hydrogen-bond acceptors (Lipinski definition) is 4. The number of carboxylic acids is 1. The van der Waals surface area contributed by atoms with Gasteiger partial charge in [0.25, 0.3) is 0 Å². The van der Waals surface area contributed by atoms with Crippen molar-refractivity contribution in [1.29, 1.82) is 0 Å². The monoisotopic (exact) mass is 260 g/mol. The van der Waals surface area contributed by atoms with Crippen molar-refractivity contribution in [3.05, 3.63) is 46.0 Å². The molecule has 0 unspecified atom stereocenters. The third-order valence-corrected chi connectivity index (χ3v) is 2.70. The predicted octanol–water partition coefficient (Wildman–Crippen LogP) is 1.45. The fourth-order valence-electron chi connectivity index (χ4n) is 1.81. The third-order valence-electron chi connectivity index (χ3n) is 2.70. The van der Waals surface area contributed by atoms with Gasteiger partial charge in [0.15, 0.2) is 0 Å². The highest BCUT2D eigenvalue weighted by molar-refractivity contribution is 5.95. The van der Waals surface area contributed by atoms with E-state index in [9.17, 15) is 14.7 Å². The summed E-state index contributed by atoms with van der Waals surface area (Å²) in [4.78, 5) is 28.8. The number of benzene rings is 1. The second-order valence-corrected chi connectivity index (χ2v) is 3.92. The third kappa shape index (κ3) is 2.47. The number of rotatable bonds is 3. The second-order valence-electron chi connectivity index (χ2n) is 3.92. The van der Waals surface area contributed by atoms with Gasteiger partial charge in [0.05, 0.1) is 12.8 Å². The van der Waals surface area contributed by atoms with Gasteiger partial charge in [-0.2, -0.15) is 4.98 Å². The Balaban J connectivity index is 2.66. The van der Waals surface area contributed by atoms with Gasteiger partial charge in [-0.3, -0.25) is 0 Å². The maximum Gasteiger partial charge on any atom is 0.345 e. The van der Waals surface area contributed by atoms with E-state index < -0.39 is 11.7 Å². The van der Waals surface area contributed by atoms with E-state index in [4.69, 9.17) is 4.74 Å². The number of H-pyrrole nitrogens is 1.